The minimum absolute atomic E-state index is 0.111. The molecule has 2 aromatic heterocycles. The molecule has 6 heteroatoms. The first-order chi connectivity index (χ1) is 8.24. The van der Waals surface area contributed by atoms with Gasteiger partial charge in [-0.05, 0) is 6.92 Å². The Kier molecular flexibility index (Phi) is 3.86. The van der Waals surface area contributed by atoms with E-state index in [1.54, 1.807) is 6.20 Å². The van der Waals surface area contributed by atoms with Gasteiger partial charge < -0.3 is 14.8 Å². The third kappa shape index (κ3) is 2.70. The molecule has 2 rings (SSSR count). The van der Waals surface area contributed by atoms with Gasteiger partial charge in [0.2, 0.25) is 0 Å². The number of aliphatic hydroxyl groups excluding tert-OH is 1. The third-order valence-corrected chi connectivity index (χ3v) is 3.32. The lowest BCUT2D eigenvalue weighted by Gasteiger charge is -2.10. The molecule has 5 nitrogen and oxygen atoms in total. The lowest BCUT2D eigenvalue weighted by atomic mass is 10.5. The molecule has 1 atom stereocenters. The molecule has 0 aliphatic rings. The normalized spacial score (nSPS) is 12.9. The molecule has 0 amide bonds. The zero-order valence-electron chi connectivity index (χ0n) is 9.92. The highest BCUT2D eigenvalue weighted by molar-refractivity contribution is 8.00. The van der Waals surface area contributed by atoms with E-state index in [0.717, 1.165) is 23.0 Å². The second-order valence-electron chi connectivity index (χ2n) is 3.73. The van der Waals surface area contributed by atoms with Crippen molar-refractivity contribution in [2.45, 2.75) is 24.1 Å². The van der Waals surface area contributed by atoms with Gasteiger partial charge in [-0.2, -0.15) is 0 Å². The highest BCUT2D eigenvalue weighted by Gasteiger charge is 2.11. The number of nitrogens with one attached hydrogen (secondary N) is 1. The second-order valence-corrected chi connectivity index (χ2v) is 5.16. The first-order valence-corrected chi connectivity index (χ1v) is 6.47. The predicted molar refractivity (Wildman–Crippen MR) is 69.6 cm³/mol. The minimum atomic E-state index is 0.111. The van der Waals surface area contributed by atoms with Crippen LogP contribution in [0.3, 0.4) is 0 Å². The van der Waals surface area contributed by atoms with Crippen molar-refractivity contribution < 1.29 is 5.11 Å². The van der Waals surface area contributed by atoms with Crippen molar-refractivity contribution in [1.29, 1.82) is 0 Å². The third-order valence-electron chi connectivity index (χ3n) is 2.27. The van der Waals surface area contributed by atoms with Crippen LogP contribution in [0.15, 0.2) is 23.6 Å². The zero-order valence-corrected chi connectivity index (χ0v) is 10.7. The Hall–Kier alpha value is -1.27. The van der Waals surface area contributed by atoms with Gasteiger partial charge in [0.25, 0.3) is 0 Å². The summed E-state index contributed by atoms with van der Waals surface area (Å²) in [6.07, 6.45) is 5.56. The summed E-state index contributed by atoms with van der Waals surface area (Å²) in [6.45, 7) is 4.95. The number of hydrogen-bond acceptors (Lipinski definition) is 5. The SMILES string of the molecule is CCNc1cn2ccnc2c(SC(C)CO)n1. The van der Waals surface area contributed by atoms with Crippen molar-refractivity contribution in [3.63, 3.8) is 0 Å². The van der Waals surface area contributed by atoms with Gasteiger partial charge in [-0.1, -0.05) is 18.7 Å². The van der Waals surface area contributed by atoms with Gasteiger partial charge in [-0.25, -0.2) is 9.97 Å². The van der Waals surface area contributed by atoms with E-state index in [1.807, 2.05) is 30.6 Å². The van der Waals surface area contributed by atoms with E-state index in [-0.39, 0.29) is 11.9 Å². The van der Waals surface area contributed by atoms with Crippen LogP contribution in [0.2, 0.25) is 0 Å². The van der Waals surface area contributed by atoms with E-state index >= 15 is 0 Å². The van der Waals surface area contributed by atoms with E-state index in [4.69, 9.17) is 5.11 Å². The average Bonchev–Trinajstić information content (AvgIpc) is 2.77. The highest BCUT2D eigenvalue weighted by atomic mass is 32.2. The molecule has 0 bridgehead atoms. The first-order valence-electron chi connectivity index (χ1n) is 5.59. The van der Waals surface area contributed by atoms with Gasteiger partial charge in [0, 0.05) is 24.2 Å². The molecule has 2 aromatic rings. The summed E-state index contributed by atoms with van der Waals surface area (Å²) in [4.78, 5) is 8.79. The maximum absolute atomic E-state index is 9.10. The molecule has 0 aliphatic heterocycles. The predicted octanol–water partition coefficient (Wildman–Crippen LogP) is 1.63. The van der Waals surface area contributed by atoms with Crippen LogP contribution in [0, 0.1) is 0 Å². The van der Waals surface area contributed by atoms with E-state index in [1.165, 1.54) is 11.8 Å². The maximum Gasteiger partial charge on any atom is 0.169 e. The number of rotatable bonds is 5. The monoisotopic (exact) mass is 252 g/mol. The van der Waals surface area contributed by atoms with Crippen LogP contribution in [0.5, 0.6) is 0 Å². The number of aromatic nitrogens is 3. The van der Waals surface area contributed by atoms with Crippen molar-refractivity contribution in [2.24, 2.45) is 0 Å². The number of hydrogen-bond donors (Lipinski definition) is 2. The molecule has 0 radical (unpaired) electrons. The number of fused-ring (bicyclic) bond motifs is 1. The number of anilines is 1. The summed E-state index contributed by atoms with van der Waals surface area (Å²) in [5.41, 5.74) is 0.831. The van der Waals surface area contributed by atoms with Crippen molar-refractivity contribution >= 4 is 23.2 Å². The average molecular weight is 252 g/mol. The molecule has 0 saturated carbocycles. The quantitative estimate of drug-likeness (QED) is 0.792. The smallest absolute Gasteiger partial charge is 0.169 e. The van der Waals surface area contributed by atoms with Gasteiger partial charge in [0.1, 0.15) is 10.8 Å². The molecule has 0 fully saturated rings. The molecule has 17 heavy (non-hydrogen) atoms. The largest absolute Gasteiger partial charge is 0.395 e. The molecule has 1 unspecified atom stereocenters. The van der Waals surface area contributed by atoms with Crippen LogP contribution in [-0.2, 0) is 0 Å². The van der Waals surface area contributed by atoms with Crippen LogP contribution >= 0.6 is 11.8 Å². The minimum Gasteiger partial charge on any atom is -0.395 e. The molecule has 0 aliphatic carbocycles. The summed E-state index contributed by atoms with van der Waals surface area (Å²) in [7, 11) is 0. The zero-order chi connectivity index (χ0) is 12.3. The Labute approximate surface area is 104 Å². The standard InChI is InChI=1S/C11H16N4OS/c1-3-12-9-6-15-5-4-13-10(15)11(14-9)17-8(2)7-16/h4-6,8,12,16H,3,7H2,1-2H3. The summed E-state index contributed by atoms with van der Waals surface area (Å²) in [5.74, 6) is 0.825. The molecular weight excluding hydrogens is 236 g/mol. The number of imidazole rings is 1. The van der Waals surface area contributed by atoms with E-state index in [0.29, 0.717) is 0 Å². The lowest BCUT2D eigenvalue weighted by Crippen LogP contribution is -2.06. The van der Waals surface area contributed by atoms with Crippen LogP contribution in [-0.4, -0.2) is 37.9 Å². The summed E-state index contributed by atoms with van der Waals surface area (Å²) in [5, 5.41) is 13.2. The molecular formula is C11H16N4OS. The molecule has 0 aromatic carbocycles. The molecule has 2 N–H and O–H groups in total. The molecule has 92 valence electrons. The van der Waals surface area contributed by atoms with E-state index in [2.05, 4.69) is 15.3 Å². The Morgan fingerprint density at radius 1 is 1.59 bits per heavy atom. The summed E-state index contributed by atoms with van der Waals surface area (Å²) in [6, 6.07) is 0. The number of nitrogens with zero attached hydrogens (tertiary/aromatic N) is 3. The second kappa shape index (κ2) is 5.37. The lowest BCUT2D eigenvalue weighted by molar-refractivity contribution is 0.300. The van der Waals surface area contributed by atoms with Crippen molar-refractivity contribution in [1.82, 2.24) is 14.4 Å². The fourth-order valence-corrected chi connectivity index (χ4v) is 2.35. The molecule has 0 saturated heterocycles. The van der Waals surface area contributed by atoms with Crippen LogP contribution in [0.1, 0.15) is 13.8 Å². The Balaban J connectivity index is 2.39. The van der Waals surface area contributed by atoms with Gasteiger partial charge in [0.15, 0.2) is 5.65 Å². The number of aliphatic hydroxyl groups is 1. The van der Waals surface area contributed by atoms with Gasteiger partial charge in [0.05, 0.1) is 12.8 Å². The van der Waals surface area contributed by atoms with Crippen molar-refractivity contribution in [3.05, 3.63) is 18.6 Å². The van der Waals surface area contributed by atoms with Crippen LogP contribution in [0.4, 0.5) is 5.82 Å². The molecule has 0 spiro atoms. The highest BCUT2D eigenvalue weighted by Crippen LogP contribution is 2.26. The Morgan fingerprint density at radius 3 is 3.12 bits per heavy atom. The van der Waals surface area contributed by atoms with Gasteiger partial charge in [-0.15, -0.1) is 0 Å². The maximum atomic E-state index is 9.10. The first kappa shape index (κ1) is 12.2. The van der Waals surface area contributed by atoms with E-state index < -0.39 is 0 Å². The van der Waals surface area contributed by atoms with Crippen LogP contribution in [0.25, 0.3) is 5.65 Å². The topological polar surface area (TPSA) is 62.5 Å². The van der Waals surface area contributed by atoms with Gasteiger partial charge in [-0.3, -0.25) is 0 Å². The summed E-state index contributed by atoms with van der Waals surface area (Å²) < 4.78 is 1.94. The number of thioether (sulfide) groups is 1. The van der Waals surface area contributed by atoms with Crippen LogP contribution < -0.4 is 5.32 Å². The van der Waals surface area contributed by atoms with Crippen molar-refractivity contribution in [3.8, 4) is 0 Å². The van der Waals surface area contributed by atoms with Crippen molar-refractivity contribution in [2.75, 3.05) is 18.5 Å². The van der Waals surface area contributed by atoms with Gasteiger partial charge >= 0.3 is 0 Å². The molecule has 2 heterocycles. The fourth-order valence-electron chi connectivity index (χ4n) is 1.48. The Bertz CT molecular complexity index is 499. The fraction of sp³-hybridized carbons (Fsp3) is 0.455. The Morgan fingerprint density at radius 2 is 2.41 bits per heavy atom. The summed E-state index contributed by atoms with van der Waals surface area (Å²) >= 11 is 1.53. The van der Waals surface area contributed by atoms with E-state index in [9.17, 15) is 0 Å².